The molecular formula is C12H15F2N3O4. The van der Waals surface area contributed by atoms with Crippen molar-refractivity contribution >= 4 is 17.3 Å². The Balaban J connectivity index is 2.99. The van der Waals surface area contributed by atoms with Gasteiger partial charge in [0.05, 0.1) is 4.92 Å². The summed E-state index contributed by atoms with van der Waals surface area (Å²) in [7, 11) is 3.14. The monoisotopic (exact) mass is 303 g/mol. The van der Waals surface area contributed by atoms with E-state index in [0.29, 0.717) is 0 Å². The van der Waals surface area contributed by atoms with Crippen LogP contribution in [0.2, 0.25) is 0 Å². The number of nitro benzene ring substituents is 1. The van der Waals surface area contributed by atoms with Crippen molar-refractivity contribution in [3.05, 3.63) is 28.3 Å². The van der Waals surface area contributed by atoms with Crippen LogP contribution in [0.1, 0.15) is 6.92 Å². The number of ether oxygens (including phenoxy) is 1. The molecule has 9 heteroatoms. The number of carbonyl (C=O) groups is 1. The Bertz CT molecular complexity index is 537. The molecular weight excluding hydrogens is 288 g/mol. The molecule has 1 aromatic carbocycles. The van der Waals surface area contributed by atoms with Gasteiger partial charge in [0, 0.05) is 31.9 Å². The van der Waals surface area contributed by atoms with Crippen molar-refractivity contribution in [2.45, 2.75) is 19.6 Å². The van der Waals surface area contributed by atoms with E-state index in [0.717, 1.165) is 12.1 Å². The fourth-order valence-corrected chi connectivity index (χ4v) is 1.64. The molecule has 0 saturated carbocycles. The fraction of sp³-hybridized carbons (Fsp3) is 0.417. The number of halogens is 2. The normalized spacial score (nSPS) is 11.9. The van der Waals surface area contributed by atoms with E-state index in [4.69, 9.17) is 0 Å². The average molecular weight is 303 g/mol. The number of nitrogens with one attached hydrogen (secondary N) is 1. The lowest BCUT2D eigenvalue weighted by atomic mass is 10.2. The van der Waals surface area contributed by atoms with Crippen LogP contribution in [-0.2, 0) is 4.79 Å². The number of rotatable bonds is 6. The maximum atomic E-state index is 12.3. The van der Waals surface area contributed by atoms with Gasteiger partial charge in [-0.15, -0.1) is 0 Å². The van der Waals surface area contributed by atoms with Crippen molar-refractivity contribution in [2.75, 3.05) is 19.4 Å². The summed E-state index contributed by atoms with van der Waals surface area (Å²) in [6.07, 6.45) is 0. The minimum atomic E-state index is -3.18. The number of hydrogen-bond acceptors (Lipinski definition) is 5. The van der Waals surface area contributed by atoms with Crippen molar-refractivity contribution in [1.82, 2.24) is 4.90 Å². The minimum Gasteiger partial charge on any atom is -0.427 e. The van der Waals surface area contributed by atoms with E-state index in [-0.39, 0.29) is 11.6 Å². The molecule has 1 amide bonds. The molecule has 0 aliphatic heterocycles. The van der Waals surface area contributed by atoms with Gasteiger partial charge in [0.15, 0.2) is 0 Å². The summed E-state index contributed by atoms with van der Waals surface area (Å²) in [5, 5.41) is 13.5. The van der Waals surface area contributed by atoms with Gasteiger partial charge in [0.1, 0.15) is 6.04 Å². The molecule has 116 valence electrons. The highest BCUT2D eigenvalue weighted by Gasteiger charge is 2.21. The average Bonchev–Trinajstić information content (AvgIpc) is 2.36. The van der Waals surface area contributed by atoms with Crippen LogP contribution in [0.15, 0.2) is 18.2 Å². The van der Waals surface area contributed by atoms with Crippen LogP contribution in [0, 0.1) is 10.1 Å². The second kappa shape index (κ2) is 6.82. The summed E-state index contributed by atoms with van der Waals surface area (Å²) in [6, 6.07) is 2.79. The van der Waals surface area contributed by atoms with E-state index in [1.165, 1.54) is 11.0 Å². The van der Waals surface area contributed by atoms with Crippen LogP contribution < -0.4 is 10.1 Å². The molecule has 0 heterocycles. The summed E-state index contributed by atoms with van der Waals surface area (Å²) in [6.45, 7) is -1.60. The maximum Gasteiger partial charge on any atom is 0.387 e. The highest BCUT2D eigenvalue weighted by atomic mass is 19.3. The molecule has 1 N–H and O–H groups in total. The molecule has 0 spiro atoms. The third-order valence-electron chi connectivity index (χ3n) is 2.57. The standard InChI is InChI=1S/C12H15F2N3O4/c1-7(11(18)16(2)3)15-8-4-5-9(17(19)20)10(6-8)21-12(13)14/h4-7,12,15H,1-3H3/t7-/m0/s1. The van der Waals surface area contributed by atoms with Gasteiger partial charge in [-0.1, -0.05) is 0 Å². The molecule has 0 aromatic heterocycles. The van der Waals surface area contributed by atoms with Crippen LogP contribution in [0.25, 0.3) is 0 Å². The molecule has 1 rings (SSSR count). The van der Waals surface area contributed by atoms with Crippen LogP contribution in [-0.4, -0.2) is 42.5 Å². The number of amides is 1. The van der Waals surface area contributed by atoms with Crippen LogP contribution >= 0.6 is 0 Å². The van der Waals surface area contributed by atoms with Gasteiger partial charge < -0.3 is 15.0 Å². The van der Waals surface area contributed by atoms with Crippen molar-refractivity contribution in [2.24, 2.45) is 0 Å². The molecule has 0 bridgehead atoms. The van der Waals surface area contributed by atoms with E-state index in [1.54, 1.807) is 21.0 Å². The number of anilines is 1. The summed E-state index contributed by atoms with van der Waals surface area (Å²) in [5.74, 6) is -0.797. The van der Waals surface area contributed by atoms with E-state index < -0.39 is 29.0 Å². The fourth-order valence-electron chi connectivity index (χ4n) is 1.64. The van der Waals surface area contributed by atoms with Gasteiger partial charge >= 0.3 is 12.3 Å². The Morgan fingerprint density at radius 1 is 1.43 bits per heavy atom. The first-order chi connectivity index (χ1) is 9.72. The zero-order chi connectivity index (χ0) is 16.2. The number of likely N-dealkylation sites (N-methyl/N-ethyl adjacent to an activating group) is 1. The van der Waals surface area contributed by atoms with Crippen LogP contribution in [0.3, 0.4) is 0 Å². The van der Waals surface area contributed by atoms with Crippen molar-refractivity contribution in [3.8, 4) is 5.75 Å². The van der Waals surface area contributed by atoms with Crippen LogP contribution in [0.5, 0.6) is 5.75 Å². The first-order valence-electron chi connectivity index (χ1n) is 5.93. The number of benzene rings is 1. The maximum absolute atomic E-state index is 12.3. The number of alkyl halides is 2. The summed E-state index contributed by atoms with van der Waals surface area (Å²) in [5.41, 5.74) is -0.314. The molecule has 21 heavy (non-hydrogen) atoms. The predicted octanol–water partition coefficient (Wildman–Crippen LogP) is 2.08. The molecule has 0 radical (unpaired) electrons. The topological polar surface area (TPSA) is 84.7 Å². The second-order valence-corrected chi connectivity index (χ2v) is 4.42. The van der Waals surface area contributed by atoms with Crippen LogP contribution in [0.4, 0.5) is 20.2 Å². The molecule has 0 aliphatic carbocycles. The third-order valence-corrected chi connectivity index (χ3v) is 2.57. The van der Waals surface area contributed by atoms with E-state index in [1.807, 2.05) is 0 Å². The number of carbonyl (C=O) groups excluding carboxylic acids is 1. The highest BCUT2D eigenvalue weighted by Crippen LogP contribution is 2.31. The first-order valence-corrected chi connectivity index (χ1v) is 5.93. The molecule has 0 aliphatic rings. The molecule has 1 aromatic rings. The molecule has 1 atom stereocenters. The lowest BCUT2D eigenvalue weighted by molar-refractivity contribution is -0.386. The summed E-state index contributed by atoms with van der Waals surface area (Å²) < 4.78 is 28.7. The third kappa shape index (κ3) is 4.55. The molecule has 0 fully saturated rings. The quantitative estimate of drug-likeness (QED) is 0.642. The largest absolute Gasteiger partial charge is 0.427 e. The Hall–Kier alpha value is -2.45. The number of nitrogens with zero attached hydrogens (tertiary/aromatic N) is 2. The SMILES string of the molecule is C[C@H](Nc1ccc([N+](=O)[O-])c(OC(F)F)c1)C(=O)N(C)C. The molecule has 0 saturated heterocycles. The zero-order valence-corrected chi connectivity index (χ0v) is 11.7. The smallest absolute Gasteiger partial charge is 0.387 e. The molecule has 7 nitrogen and oxygen atoms in total. The van der Waals surface area contributed by atoms with E-state index >= 15 is 0 Å². The summed E-state index contributed by atoms with van der Waals surface area (Å²) >= 11 is 0. The van der Waals surface area contributed by atoms with Gasteiger partial charge in [-0.3, -0.25) is 14.9 Å². The minimum absolute atomic E-state index is 0.232. The van der Waals surface area contributed by atoms with Crippen molar-refractivity contribution in [1.29, 1.82) is 0 Å². The van der Waals surface area contributed by atoms with Gasteiger partial charge in [-0.2, -0.15) is 8.78 Å². The van der Waals surface area contributed by atoms with Gasteiger partial charge in [-0.05, 0) is 13.0 Å². The highest BCUT2D eigenvalue weighted by molar-refractivity contribution is 5.84. The Kier molecular flexibility index (Phi) is 5.39. The van der Waals surface area contributed by atoms with E-state index in [9.17, 15) is 23.7 Å². The van der Waals surface area contributed by atoms with Gasteiger partial charge in [-0.25, -0.2) is 0 Å². The van der Waals surface area contributed by atoms with Crippen molar-refractivity contribution < 1.29 is 23.2 Å². The second-order valence-electron chi connectivity index (χ2n) is 4.42. The zero-order valence-electron chi connectivity index (χ0n) is 11.7. The van der Waals surface area contributed by atoms with Crippen molar-refractivity contribution in [3.63, 3.8) is 0 Å². The number of hydrogen-bond donors (Lipinski definition) is 1. The predicted molar refractivity (Wildman–Crippen MR) is 71.5 cm³/mol. The Morgan fingerprint density at radius 2 is 2.05 bits per heavy atom. The summed E-state index contributed by atoms with van der Waals surface area (Å²) in [4.78, 5) is 23.0. The number of nitro groups is 1. The Labute approximate surface area is 119 Å². The molecule has 0 unspecified atom stereocenters. The lowest BCUT2D eigenvalue weighted by Gasteiger charge is -2.19. The van der Waals surface area contributed by atoms with E-state index in [2.05, 4.69) is 10.1 Å². The van der Waals surface area contributed by atoms with Gasteiger partial charge in [0.25, 0.3) is 0 Å². The van der Waals surface area contributed by atoms with Gasteiger partial charge in [0.2, 0.25) is 11.7 Å². The lowest BCUT2D eigenvalue weighted by Crippen LogP contribution is -2.36. The first kappa shape index (κ1) is 16.6. The Morgan fingerprint density at radius 3 is 2.52 bits per heavy atom.